The van der Waals surface area contributed by atoms with Crippen LogP contribution in [-0.4, -0.2) is 24.0 Å². The van der Waals surface area contributed by atoms with Gasteiger partial charge in [0, 0.05) is 36.9 Å². The van der Waals surface area contributed by atoms with Crippen molar-refractivity contribution in [3.63, 3.8) is 0 Å². The summed E-state index contributed by atoms with van der Waals surface area (Å²) in [6, 6.07) is 0. The van der Waals surface area contributed by atoms with Gasteiger partial charge in [0.2, 0.25) is 5.91 Å². The molecule has 1 heterocycles. The van der Waals surface area contributed by atoms with E-state index in [1.807, 2.05) is 6.92 Å². The minimum atomic E-state index is 0.0960. The fourth-order valence-electron chi connectivity index (χ4n) is 1.44. The molecule has 1 rings (SSSR count). The normalized spacial score (nSPS) is 11.6. The van der Waals surface area contributed by atoms with E-state index in [-0.39, 0.29) is 11.3 Å². The number of hydrogen-bond acceptors (Lipinski definition) is 4. The van der Waals surface area contributed by atoms with Crippen LogP contribution in [0.15, 0.2) is 5.38 Å². The van der Waals surface area contributed by atoms with Gasteiger partial charge in [0.1, 0.15) is 0 Å². The third kappa shape index (κ3) is 5.14. The number of nitrogens with zero attached hydrogens (tertiary/aromatic N) is 1. The summed E-state index contributed by atoms with van der Waals surface area (Å²) in [5.74, 6) is 0.0960. The van der Waals surface area contributed by atoms with E-state index in [9.17, 15) is 4.79 Å². The molecule has 0 unspecified atom stereocenters. The zero-order valence-electron chi connectivity index (χ0n) is 11.7. The summed E-state index contributed by atoms with van der Waals surface area (Å²) in [7, 11) is 0. The highest BCUT2D eigenvalue weighted by atomic mass is 32.1. The second kappa shape index (κ2) is 6.85. The molecular weight excluding hydrogens is 246 g/mol. The first-order valence-electron chi connectivity index (χ1n) is 6.35. The highest BCUT2D eigenvalue weighted by molar-refractivity contribution is 7.09. The van der Waals surface area contributed by atoms with Gasteiger partial charge in [-0.15, -0.1) is 11.3 Å². The average Bonchev–Trinajstić information content (AvgIpc) is 2.73. The topological polar surface area (TPSA) is 54.0 Å². The molecule has 0 bridgehead atoms. The maximum atomic E-state index is 11.2. The lowest BCUT2D eigenvalue weighted by Gasteiger charge is -2.13. The zero-order chi connectivity index (χ0) is 13.6. The molecule has 1 aromatic rings. The number of rotatable bonds is 6. The van der Waals surface area contributed by atoms with Crippen LogP contribution < -0.4 is 10.6 Å². The number of nitrogens with one attached hydrogen (secondary N) is 2. The summed E-state index contributed by atoms with van der Waals surface area (Å²) in [4.78, 5) is 15.8. The van der Waals surface area contributed by atoms with Crippen LogP contribution in [0.1, 0.15) is 44.8 Å². The summed E-state index contributed by atoms with van der Waals surface area (Å²) in [6.45, 7) is 10.5. The number of hydrogen-bond donors (Lipinski definition) is 2. The lowest BCUT2D eigenvalue weighted by atomic mass is 9.98. The van der Waals surface area contributed by atoms with Crippen molar-refractivity contribution in [1.82, 2.24) is 15.6 Å². The Morgan fingerprint density at radius 1 is 1.44 bits per heavy atom. The quantitative estimate of drug-likeness (QED) is 0.777. The highest BCUT2D eigenvalue weighted by Crippen LogP contribution is 2.25. The van der Waals surface area contributed by atoms with Crippen molar-refractivity contribution < 1.29 is 4.79 Å². The average molecular weight is 269 g/mol. The van der Waals surface area contributed by atoms with Crippen LogP contribution in [-0.2, 0) is 16.8 Å². The van der Waals surface area contributed by atoms with Gasteiger partial charge in [0.15, 0.2) is 0 Å². The minimum Gasteiger partial charge on any atom is -0.356 e. The lowest BCUT2D eigenvalue weighted by molar-refractivity contribution is -0.120. The molecule has 0 fully saturated rings. The molecule has 0 saturated heterocycles. The Kier molecular flexibility index (Phi) is 5.75. The summed E-state index contributed by atoms with van der Waals surface area (Å²) in [6.07, 6.45) is 0.518. The second-order valence-electron chi connectivity index (χ2n) is 5.27. The minimum absolute atomic E-state index is 0.0960. The number of aromatic nitrogens is 1. The molecular formula is C13H23N3OS. The summed E-state index contributed by atoms with van der Waals surface area (Å²) in [5, 5.41) is 9.25. The Morgan fingerprint density at radius 3 is 2.72 bits per heavy atom. The molecule has 102 valence electrons. The first-order valence-corrected chi connectivity index (χ1v) is 7.23. The third-order valence-corrected chi connectivity index (χ3v) is 3.72. The van der Waals surface area contributed by atoms with Crippen molar-refractivity contribution in [3.8, 4) is 0 Å². The van der Waals surface area contributed by atoms with Crippen LogP contribution >= 0.6 is 11.3 Å². The van der Waals surface area contributed by atoms with Gasteiger partial charge in [0.25, 0.3) is 0 Å². The van der Waals surface area contributed by atoms with Crippen molar-refractivity contribution in [2.24, 2.45) is 0 Å². The van der Waals surface area contributed by atoms with Crippen LogP contribution in [0, 0.1) is 0 Å². The van der Waals surface area contributed by atoms with Crippen molar-refractivity contribution in [2.45, 2.75) is 46.1 Å². The number of amides is 1. The molecule has 0 aliphatic rings. The monoisotopic (exact) mass is 269 g/mol. The molecule has 0 radical (unpaired) electrons. The van der Waals surface area contributed by atoms with E-state index >= 15 is 0 Å². The zero-order valence-corrected chi connectivity index (χ0v) is 12.5. The largest absolute Gasteiger partial charge is 0.356 e. The molecule has 0 aromatic carbocycles. The molecule has 18 heavy (non-hydrogen) atoms. The molecule has 0 atom stereocenters. The summed E-state index contributed by atoms with van der Waals surface area (Å²) < 4.78 is 0. The molecule has 1 aromatic heterocycles. The molecule has 0 spiro atoms. The van der Waals surface area contributed by atoms with Crippen molar-refractivity contribution in [2.75, 3.05) is 13.1 Å². The molecule has 1 amide bonds. The van der Waals surface area contributed by atoms with Gasteiger partial charge in [-0.1, -0.05) is 20.8 Å². The Labute approximate surface area is 113 Å². The van der Waals surface area contributed by atoms with E-state index in [0.29, 0.717) is 19.5 Å². The van der Waals surface area contributed by atoms with E-state index in [0.717, 1.165) is 17.2 Å². The summed E-state index contributed by atoms with van der Waals surface area (Å²) in [5.41, 5.74) is 1.17. The fourth-order valence-corrected chi connectivity index (χ4v) is 2.34. The van der Waals surface area contributed by atoms with Gasteiger partial charge in [0.05, 0.1) is 10.7 Å². The van der Waals surface area contributed by atoms with Crippen LogP contribution in [0.4, 0.5) is 0 Å². The number of carbonyl (C=O) groups is 1. The Morgan fingerprint density at radius 2 is 2.17 bits per heavy atom. The van der Waals surface area contributed by atoms with Gasteiger partial charge in [-0.25, -0.2) is 4.98 Å². The predicted molar refractivity (Wildman–Crippen MR) is 75.8 cm³/mol. The molecule has 4 nitrogen and oxygen atoms in total. The van der Waals surface area contributed by atoms with Crippen LogP contribution in [0.2, 0.25) is 0 Å². The van der Waals surface area contributed by atoms with E-state index in [2.05, 4.69) is 41.8 Å². The molecule has 5 heteroatoms. The van der Waals surface area contributed by atoms with Crippen LogP contribution in [0.5, 0.6) is 0 Å². The van der Waals surface area contributed by atoms with Gasteiger partial charge >= 0.3 is 0 Å². The Hall–Kier alpha value is -0.940. The SMILES string of the molecule is CCNC(=O)CCNCc1csc(C(C)(C)C)n1. The van der Waals surface area contributed by atoms with E-state index in [1.165, 1.54) is 0 Å². The van der Waals surface area contributed by atoms with Gasteiger partial charge in [-0.05, 0) is 6.92 Å². The maximum absolute atomic E-state index is 11.2. The Bertz CT molecular complexity index is 382. The van der Waals surface area contributed by atoms with Crippen LogP contribution in [0.25, 0.3) is 0 Å². The number of thiazole rings is 1. The maximum Gasteiger partial charge on any atom is 0.221 e. The van der Waals surface area contributed by atoms with E-state index < -0.39 is 0 Å². The van der Waals surface area contributed by atoms with Gasteiger partial charge < -0.3 is 10.6 Å². The Balaban J connectivity index is 2.28. The lowest BCUT2D eigenvalue weighted by Crippen LogP contribution is -2.27. The van der Waals surface area contributed by atoms with Gasteiger partial charge in [-0.2, -0.15) is 0 Å². The van der Waals surface area contributed by atoms with Crippen molar-refractivity contribution >= 4 is 17.2 Å². The van der Waals surface area contributed by atoms with Crippen molar-refractivity contribution in [1.29, 1.82) is 0 Å². The second-order valence-corrected chi connectivity index (χ2v) is 6.13. The molecule has 0 aliphatic heterocycles. The highest BCUT2D eigenvalue weighted by Gasteiger charge is 2.17. The van der Waals surface area contributed by atoms with Crippen molar-refractivity contribution in [3.05, 3.63) is 16.1 Å². The fraction of sp³-hybridized carbons (Fsp3) is 0.692. The summed E-state index contributed by atoms with van der Waals surface area (Å²) >= 11 is 1.70. The standard InChI is InChI=1S/C13H23N3OS/c1-5-15-11(17)6-7-14-8-10-9-18-12(16-10)13(2,3)4/h9,14H,5-8H2,1-4H3,(H,15,17). The predicted octanol–water partition coefficient (Wildman–Crippen LogP) is 2.06. The first-order chi connectivity index (χ1) is 8.43. The van der Waals surface area contributed by atoms with Gasteiger partial charge in [-0.3, -0.25) is 4.79 Å². The molecule has 0 saturated carbocycles. The third-order valence-electron chi connectivity index (χ3n) is 2.40. The molecule has 2 N–H and O–H groups in total. The smallest absolute Gasteiger partial charge is 0.221 e. The van der Waals surface area contributed by atoms with E-state index in [1.54, 1.807) is 11.3 Å². The number of carbonyl (C=O) groups excluding carboxylic acids is 1. The molecule has 0 aliphatic carbocycles. The first kappa shape index (κ1) is 15.1. The van der Waals surface area contributed by atoms with E-state index in [4.69, 9.17) is 0 Å². The van der Waals surface area contributed by atoms with Crippen LogP contribution in [0.3, 0.4) is 0 Å².